The number of aromatic nitrogens is 1. The average molecular weight is 372 g/mol. The van der Waals surface area contributed by atoms with Crippen molar-refractivity contribution in [3.63, 3.8) is 0 Å². The van der Waals surface area contributed by atoms with Crippen LogP contribution in [0.25, 0.3) is 0 Å². The predicted octanol–water partition coefficient (Wildman–Crippen LogP) is 2.14. The summed E-state index contributed by atoms with van der Waals surface area (Å²) in [6.45, 7) is 1.97. The van der Waals surface area contributed by atoms with E-state index in [1.165, 1.54) is 18.4 Å². The highest BCUT2D eigenvalue weighted by Gasteiger charge is 2.12. The van der Waals surface area contributed by atoms with Crippen molar-refractivity contribution in [3.05, 3.63) is 39.8 Å². The number of methoxy groups -OCH3 is 1. The molecule has 7 nitrogen and oxygen atoms in total. The second kappa shape index (κ2) is 9.21. The van der Waals surface area contributed by atoms with Crippen LogP contribution < -0.4 is 15.8 Å². The SMILES string of the molecule is COC(=O)COc1ccc(NC(=O)c2csc(CN)n2)c(C)c1.Cl. The van der Waals surface area contributed by atoms with Crippen LogP contribution in [0.15, 0.2) is 23.6 Å². The molecule has 9 heteroatoms. The molecule has 1 aromatic carbocycles. The van der Waals surface area contributed by atoms with Crippen LogP contribution in [0.5, 0.6) is 5.75 Å². The van der Waals surface area contributed by atoms with Gasteiger partial charge < -0.3 is 20.5 Å². The quantitative estimate of drug-likeness (QED) is 0.754. The monoisotopic (exact) mass is 371 g/mol. The van der Waals surface area contributed by atoms with Gasteiger partial charge in [-0.2, -0.15) is 0 Å². The van der Waals surface area contributed by atoms with Gasteiger partial charge in [0.2, 0.25) is 0 Å². The van der Waals surface area contributed by atoms with Gasteiger partial charge in [-0.3, -0.25) is 4.79 Å². The molecule has 2 aromatic rings. The maximum Gasteiger partial charge on any atom is 0.343 e. The number of nitrogens with zero attached hydrogens (tertiary/aromatic N) is 1. The lowest BCUT2D eigenvalue weighted by atomic mass is 10.2. The van der Waals surface area contributed by atoms with E-state index in [1.54, 1.807) is 23.6 Å². The third-order valence-electron chi connectivity index (χ3n) is 2.99. The minimum atomic E-state index is -0.459. The largest absolute Gasteiger partial charge is 0.482 e. The van der Waals surface area contributed by atoms with Crippen LogP contribution in [0.4, 0.5) is 5.69 Å². The Hall–Kier alpha value is -2.16. The number of nitrogens with one attached hydrogen (secondary N) is 1. The van der Waals surface area contributed by atoms with Crippen molar-refractivity contribution >= 4 is 41.3 Å². The molecule has 1 amide bonds. The number of benzene rings is 1. The Kier molecular flexibility index (Phi) is 7.63. The summed E-state index contributed by atoms with van der Waals surface area (Å²) in [6.07, 6.45) is 0. The average Bonchev–Trinajstić information content (AvgIpc) is 3.04. The molecule has 0 bridgehead atoms. The fraction of sp³-hybridized carbons (Fsp3) is 0.267. The van der Waals surface area contributed by atoms with Gasteiger partial charge in [-0.15, -0.1) is 23.7 Å². The van der Waals surface area contributed by atoms with Crippen LogP contribution in [0.2, 0.25) is 0 Å². The molecule has 0 unspecified atom stereocenters. The van der Waals surface area contributed by atoms with Crippen LogP contribution in [0.1, 0.15) is 21.1 Å². The number of hydrogen-bond donors (Lipinski definition) is 2. The van der Waals surface area contributed by atoms with Gasteiger partial charge in [0.05, 0.1) is 7.11 Å². The van der Waals surface area contributed by atoms with Gasteiger partial charge in [-0.05, 0) is 30.7 Å². The number of nitrogens with two attached hydrogens (primary N) is 1. The van der Waals surface area contributed by atoms with E-state index < -0.39 is 5.97 Å². The number of anilines is 1. The van der Waals surface area contributed by atoms with E-state index in [-0.39, 0.29) is 24.9 Å². The first-order valence-corrected chi connectivity index (χ1v) is 7.67. The Morgan fingerprint density at radius 3 is 2.71 bits per heavy atom. The molecule has 1 heterocycles. The lowest BCUT2D eigenvalue weighted by Crippen LogP contribution is -2.14. The number of aryl methyl sites for hydroxylation is 1. The molecule has 0 atom stereocenters. The van der Waals surface area contributed by atoms with Crippen LogP contribution in [-0.2, 0) is 16.1 Å². The Labute approximate surface area is 149 Å². The minimum Gasteiger partial charge on any atom is -0.482 e. The molecule has 130 valence electrons. The highest BCUT2D eigenvalue weighted by atomic mass is 35.5. The smallest absolute Gasteiger partial charge is 0.343 e. The molecular formula is C15H18ClN3O4S. The predicted molar refractivity (Wildman–Crippen MR) is 93.9 cm³/mol. The highest BCUT2D eigenvalue weighted by Crippen LogP contribution is 2.22. The Balaban J connectivity index is 0.00000288. The summed E-state index contributed by atoms with van der Waals surface area (Å²) in [4.78, 5) is 27.3. The number of thiazole rings is 1. The van der Waals surface area contributed by atoms with Crippen molar-refractivity contribution in [2.24, 2.45) is 5.73 Å². The molecule has 0 aliphatic rings. The van der Waals surface area contributed by atoms with E-state index in [0.29, 0.717) is 28.7 Å². The molecule has 2 rings (SSSR count). The Bertz CT molecular complexity index is 720. The van der Waals surface area contributed by atoms with E-state index >= 15 is 0 Å². The van der Waals surface area contributed by atoms with Crippen molar-refractivity contribution in [1.82, 2.24) is 4.98 Å². The summed E-state index contributed by atoms with van der Waals surface area (Å²) in [7, 11) is 1.30. The van der Waals surface area contributed by atoms with Gasteiger partial charge in [-0.25, -0.2) is 9.78 Å². The number of rotatable bonds is 6. The van der Waals surface area contributed by atoms with E-state index in [2.05, 4.69) is 15.0 Å². The molecule has 0 aliphatic carbocycles. The van der Waals surface area contributed by atoms with Crippen molar-refractivity contribution in [3.8, 4) is 5.75 Å². The summed E-state index contributed by atoms with van der Waals surface area (Å²) < 4.78 is 9.79. The summed E-state index contributed by atoms with van der Waals surface area (Å²) >= 11 is 1.35. The van der Waals surface area contributed by atoms with Gasteiger partial charge in [0.15, 0.2) is 6.61 Å². The van der Waals surface area contributed by atoms with Gasteiger partial charge in [0.1, 0.15) is 16.5 Å². The van der Waals surface area contributed by atoms with Crippen LogP contribution >= 0.6 is 23.7 Å². The topological polar surface area (TPSA) is 104 Å². The molecule has 1 aromatic heterocycles. The molecule has 0 saturated carbocycles. The highest BCUT2D eigenvalue weighted by molar-refractivity contribution is 7.09. The van der Waals surface area contributed by atoms with Gasteiger partial charge >= 0.3 is 5.97 Å². The summed E-state index contributed by atoms with van der Waals surface area (Å²) in [5.41, 5.74) is 7.26. The van der Waals surface area contributed by atoms with Crippen LogP contribution in [0, 0.1) is 6.92 Å². The first-order valence-electron chi connectivity index (χ1n) is 6.79. The first kappa shape index (κ1) is 19.9. The van der Waals surface area contributed by atoms with Crippen LogP contribution in [0.3, 0.4) is 0 Å². The molecule has 3 N–H and O–H groups in total. The zero-order chi connectivity index (χ0) is 16.8. The van der Waals surface area contributed by atoms with E-state index in [9.17, 15) is 9.59 Å². The molecule has 0 radical (unpaired) electrons. The Morgan fingerprint density at radius 2 is 2.12 bits per heavy atom. The maximum atomic E-state index is 12.1. The van der Waals surface area contributed by atoms with Gasteiger partial charge in [0, 0.05) is 17.6 Å². The lowest BCUT2D eigenvalue weighted by molar-refractivity contribution is -0.142. The van der Waals surface area contributed by atoms with Gasteiger partial charge in [0.25, 0.3) is 5.91 Å². The zero-order valence-corrected chi connectivity index (χ0v) is 14.8. The van der Waals surface area contributed by atoms with E-state index in [0.717, 1.165) is 5.56 Å². The third kappa shape index (κ3) is 5.19. The normalized spacial score (nSPS) is 9.79. The maximum absolute atomic E-state index is 12.1. The molecular weight excluding hydrogens is 354 g/mol. The van der Waals surface area contributed by atoms with E-state index in [1.807, 2.05) is 6.92 Å². The van der Waals surface area contributed by atoms with Crippen molar-refractivity contribution in [1.29, 1.82) is 0 Å². The number of ether oxygens (including phenoxy) is 2. The minimum absolute atomic E-state index is 0. The summed E-state index contributed by atoms with van der Waals surface area (Å²) in [5, 5.41) is 5.16. The van der Waals surface area contributed by atoms with Crippen molar-refractivity contribution in [2.45, 2.75) is 13.5 Å². The first-order chi connectivity index (χ1) is 11.0. The second-order valence-electron chi connectivity index (χ2n) is 4.63. The van der Waals surface area contributed by atoms with Crippen molar-refractivity contribution < 1.29 is 19.1 Å². The number of carbonyl (C=O) groups excluding carboxylic acids is 2. The number of halogens is 1. The summed E-state index contributed by atoms with van der Waals surface area (Å²) in [6, 6.07) is 5.10. The molecule has 0 aliphatic heterocycles. The van der Waals surface area contributed by atoms with Crippen LogP contribution in [-0.4, -0.2) is 30.6 Å². The number of esters is 1. The number of amides is 1. The standard InChI is InChI=1S/C15H17N3O4S.ClH/c1-9-5-10(22-7-14(19)21-2)3-4-11(9)18-15(20)12-8-23-13(6-16)17-12;/h3-5,8H,6-7,16H2,1-2H3,(H,18,20);1H. The fourth-order valence-corrected chi connectivity index (χ4v) is 2.42. The fourth-order valence-electron chi connectivity index (χ4n) is 1.76. The molecule has 0 saturated heterocycles. The van der Waals surface area contributed by atoms with E-state index in [4.69, 9.17) is 10.5 Å². The lowest BCUT2D eigenvalue weighted by Gasteiger charge is -2.10. The summed E-state index contributed by atoms with van der Waals surface area (Å²) in [5.74, 6) is -0.239. The van der Waals surface area contributed by atoms with Crippen molar-refractivity contribution in [2.75, 3.05) is 19.0 Å². The zero-order valence-electron chi connectivity index (χ0n) is 13.2. The van der Waals surface area contributed by atoms with Gasteiger partial charge in [-0.1, -0.05) is 0 Å². The molecule has 0 spiro atoms. The third-order valence-corrected chi connectivity index (χ3v) is 3.86. The number of carbonyl (C=O) groups is 2. The number of hydrogen-bond acceptors (Lipinski definition) is 7. The molecule has 0 fully saturated rings. The Morgan fingerprint density at radius 1 is 1.38 bits per heavy atom. The molecule has 24 heavy (non-hydrogen) atoms. The second-order valence-corrected chi connectivity index (χ2v) is 5.57.